The molecule has 0 saturated heterocycles. The minimum Gasteiger partial charge on any atom is -0.456 e. The molecule has 2 aliphatic carbocycles. The lowest BCUT2D eigenvalue weighted by molar-refractivity contribution is 0.669. The zero-order chi connectivity index (χ0) is 25.1. The van der Waals surface area contributed by atoms with E-state index in [2.05, 4.69) is 97.1 Å². The van der Waals surface area contributed by atoms with Crippen LogP contribution in [-0.2, 0) is 13.0 Å². The van der Waals surface area contributed by atoms with Crippen molar-refractivity contribution in [2.75, 3.05) is 0 Å². The molecule has 0 unspecified atom stereocenters. The molecule has 0 N–H and O–H groups in total. The van der Waals surface area contributed by atoms with Crippen molar-refractivity contribution in [1.82, 2.24) is 0 Å². The van der Waals surface area contributed by atoms with Crippen LogP contribution in [0.3, 0.4) is 0 Å². The molecule has 1 aromatic heterocycles. The van der Waals surface area contributed by atoms with Crippen LogP contribution in [0.1, 0.15) is 34.2 Å². The molecule has 38 heavy (non-hydrogen) atoms. The van der Waals surface area contributed by atoms with Crippen LogP contribution in [0.2, 0.25) is 0 Å². The Balaban J connectivity index is 1.28. The van der Waals surface area contributed by atoms with Crippen molar-refractivity contribution in [2.45, 2.75) is 19.4 Å². The Bertz CT molecular complexity index is 1990. The first-order chi connectivity index (χ1) is 18.8. The zero-order valence-corrected chi connectivity index (χ0v) is 20.9. The highest BCUT2D eigenvalue weighted by Crippen LogP contribution is 2.44. The van der Waals surface area contributed by atoms with Crippen molar-refractivity contribution in [3.63, 3.8) is 0 Å². The Hall–Kier alpha value is -4.69. The molecule has 0 spiro atoms. The predicted molar refractivity (Wildman–Crippen MR) is 160 cm³/mol. The standard InChI is InChI=1S/C36H25NO/c1-2-6-23(7-3-1)21-37-22-28-10-5-11-33-35(28)31-20-27(16-19-32(31)38-33)29-17-14-26-13-12-24-8-4-9-25-15-18-30(29)36(26)34(24)25/h1-8,10-17,19-20,22H,9,18,21H2. The SMILES string of the molecule is C1=Cc2ccc3ccc(-c4ccc5oc6cccc(C=NCc7ccccc7)c6c5c4)c4c3c2C(=CC4)C1. The molecule has 0 saturated carbocycles. The molecule has 0 fully saturated rings. The van der Waals surface area contributed by atoms with Gasteiger partial charge in [0.15, 0.2) is 0 Å². The van der Waals surface area contributed by atoms with Gasteiger partial charge in [0.2, 0.25) is 0 Å². The first-order valence-electron chi connectivity index (χ1n) is 13.3. The predicted octanol–water partition coefficient (Wildman–Crippen LogP) is 9.38. The number of nitrogens with zero attached hydrogens (tertiary/aromatic N) is 1. The van der Waals surface area contributed by atoms with Gasteiger partial charge in [-0.15, -0.1) is 0 Å². The van der Waals surface area contributed by atoms with Crippen LogP contribution in [0.25, 0.3) is 55.5 Å². The number of allylic oxidation sites excluding steroid dienone is 3. The Morgan fingerprint density at radius 2 is 1.71 bits per heavy atom. The molecule has 0 bridgehead atoms. The number of aliphatic imine (C=N–C) groups is 1. The second kappa shape index (κ2) is 8.43. The van der Waals surface area contributed by atoms with E-state index in [1.54, 1.807) is 0 Å². The average Bonchev–Trinajstić information content (AvgIpc) is 3.35. The van der Waals surface area contributed by atoms with Crippen LogP contribution in [-0.4, -0.2) is 6.21 Å². The van der Waals surface area contributed by atoms with Gasteiger partial charge in [0, 0.05) is 22.6 Å². The summed E-state index contributed by atoms with van der Waals surface area (Å²) in [6.07, 6.45) is 11.0. The lowest BCUT2D eigenvalue weighted by Crippen LogP contribution is -2.04. The van der Waals surface area contributed by atoms with Gasteiger partial charge in [0.1, 0.15) is 11.2 Å². The van der Waals surface area contributed by atoms with Gasteiger partial charge < -0.3 is 4.42 Å². The average molecular weight is 488 g/mol. The van der Waals surface area contributed by atoms with Crippen LogP contribution < -0.4 is 0 Å². The third-order valence-corrected chi connectivity index (χ3v) is 8.02. The van der Waals surface area contributed by atoms with E-state index >= 15 is 0 Å². The third kappa shape index (κ3) is 3.30. The Morgan fingerprint density at radius 3 is 2.66 bits per heavy atom. The maximum atomic E-state index is 6.28. The molecule has 0 aliphatic heterocycles. The number of hydrogen-bond acceptors (Lipinski definition) is 2. The minimum atomic E-state index is 0.660. The van der Waals surface area contributed by atoms with Gasteiger partial charge in [-0.1, -0.05) is 91.0 Å². The van der Waals surface area contributed by atoms with Crippen molar-refractivity contribution in [2.24, 2.45) is 4.99 Å². The third-order valence-electron chi connectivity index (χ3n) is 8.02. The summed E-state index contributed by atoms with van der Waals surface area (Å²) in [5.41, 5.74) is 12.3. The first-order valence-corrected chi connectivity index (χ1v) is 13.3. The summed E-state index contributed by atoms with van der Waals surface area (Å²) in [6.45, 7) is 0.660. The Labute approximate surface area is 221 Å². The molecule has 2 aliphatic rings. The maximum absolute atomic E-state index is 6.28. The Kier molecular flexibility index (Phi) is 4.75. The van der Waals surface area contributed by atoms with Crippen LogP contribution in [0, 0.1) is 0 Å². The fraction of sp³-hybridized carbons (Fsp3) is 0.0833. The number of hydrogen-bond donors (Lipinski definition) is 0. The van der Waals surface area contributed by atoms with Crippen molar-refractivity contribution < 1.29 is 4.42 Å². The largest absolute Gasteiger partial charge is 0.456 e. The van der Waals surface area contributed by atoms with E-state index in [4.69, 9.17) is 9.41 Å². The van der Waals surface area contributed by atoms with E-state index in [1.807, 2.05) is 18.3 Å². The second-order valence-corrected chi connectivity index (χ2v) is 10.2. The fourth-order valence-corrected chi connectivity index (χ4v) is 6.26. The van der Waals surface area contributed by atoms with Crippen LogP contribution in [0.15, 0.2) is 113 Å². The van der Waals surface area contributed by atoms with Crippen LogP contribution in [0.4, 0.5) is 0 Å². The summed E-state index contributed by atoms with van der Waals surface area (Å²) in [6, 6.07) is 32.4. The van der Waals surface area contributed by atoms with E-state index in [1.165, 1.54) is 49.7 Å². The van der Waals surface area contributed by atoms with Gasteiger partial charge in [0.25, 0.3) is 0 Å². The topological polar surface area (TPSA) is 25.5 Å². The lowest BCUT2D eigenvalue weighted by Gasteiger charge is -2.25. The van der Waals surface area contributed by atoms with Gasteiger partial charge in [-0.05, 0) is 80.8 Å². The van der Waals surface area contributed by atoms with E-state index in [0.29, 0.717) is 6.54 Å². The quantitative estimate of drug-likeness (QED) is 0.227. The van der Waals surface area contributed by atoms with E-state index in [0.717, 1.165) is 40.3 Å². The molecular formula is C36H25NO. The first kappa shape index (κ1) is 21.4. The lowest BCUT2D eigenvalue weighted by atomic mass is 9.79. The molecule has 180 valence electrons. The molecule has 6 aromatic rings. The van der Waals surface area contributed by atoms with Gasteiger partial charge >= 0.3 is 0 Å². The van der Waals surface area contributed by atoms with Gasteiger partial charge in [-0.3, -0.25) is 4.99 Å². The molecule has 1 heterocycles. The molecule has 5 aromatic carbocycles. The zero-order valence-electron chi connectivity index (χ0n) is 20.9. The Morgan fingerprint density at radius 1 is 0.789 bits per heavy atom. The summed E-state index contributed by atoms with van der Waals surface area (Å²) in [5, 5.41) is 5.01. The molecular weight excluding hydrogens is 462 g/mol. The maximum Gasteiger partial charge on any atom is 0.136 e. The molecule has 0 amide bonds. The minimum absolute atomic E-state index is 0.660. The molecule has 2 heteroatoms. The van der Waals surface area contributed by atoms with Gasteiger partial charge in [-0.2, -0.15) is 0 Å². The van der Waals surface area contributed by atoms with Crippen LogP contribution >= 0.6 is 0 Å². The monoisotopic (exact) mass is 487 g/mol. The summed E-state index contributed by atoms with van der Waals surface area (Å²) < 4.78 is 6.28. The highest BCUT2D eigenvalue weighted by Gasteiger charge is 2.22. The fourth-order valence-electron chi connectivity index (χ4n) is 6.26. The van der Waals surface area contributed by atoms with E-state index < -0.39 is 0 Å². The smallest absolute Gasteiger partial charge is 0.136 e. The number of rotatable bonds is 4. The van der Waals surface area contributed by atoms with Gasteiger partial charge in [-0.25, -0.2) is 0 Å². The van der Waals surface area contributed by atoms with Crippen molar-refractivity contribution in [3.8, 4) is 11.1 Å². The number of furan rings is 1. The summed E-state index contributed by atoms with van der Waals surface area (Å²) in [4.78, 5) is 4.76. The second-order valence-electron chi connectivity index (χ2n) is 10.2. The summed E-state index contributed by atoms with van der Waals surface area (Å²) in [7, 11) is 0. The summed E-state index contributed by atoms with van der Waals surface area (Å²) in [5.74, 6) is 0. The van der Waals surface area contributed by atoms with Crippen LogP contribution in [0.5, 0.6) is 0 Å². The van der Waals surface area contributed by atoms with E-state index in [9.17, 15) is 0 Å². The van der Waals surface area contributed by atoms with Gasteiger partial charge in [0.05, 0.1) is 6.54 Å². The molecule has 0 atom stereocenters. The van der Waals surface area contributed by atoms with E-state index in [-0.39, 0.29) is 0 Å². The number of fused-ring (bicyclic) bond motifs is 3. The van der Waals surface area contributed by atoms with Crippen molar-refractivity contribution >= 4 is 50.6 Å². The summed E-state index contributed by atoms with van der Waals surface area (Å²) >= 11 is 0. The normalized spacial score (nSPS) is 14.2. The highest BCUT2D eigenvalue weighted by molar-refractivity contribution is 6.14. The molecule has 8 rings (SSSR count). The highest BCUT2D eigenvalue weighted by atomic mass is 16.3. The molecule has 0 radical (unpaired) electrons. The molecule has 2 nitrogen and oxygen atoms in total. The number of benzene rings is 5. The van der Waals surface area contributed by atoms with Crippen molar-refractivity contribution in [3.05, 3.63) is 131 Å². The van der Waals surface area contributed by atoms with Crippen molar-refractivity contribution in [1.29, 1.82) is 0 Å².